The summed E-state index contributed by atoms with van der Waals surface area (Å²) in [7, 11) is 0. The van der Waals surface area contributed by atoms with Gasteiger partial charge in [0.05, 0.1) is 0 Å². The van der Waals surface area contributed by atoms with Gasteiger partial charge in [-0.2, -0.15) is 0 Å². The molecule has 0 atom stereocenters. The van der Waals surface area contributed by atoms with Gasteiger partial charge in [-0.3, -0.25) is 0 Å². The van der Waals surface area contributed by atoms with E-state index < -0.39 is 0 Å². The second-order valence-electron chi connectivity index (χ2n) is 6.85. The third-order valence-corrected chi connectivity index (χ3v) is 4.76. The fourth-order valence-corrected chi connectivity index (χ4v) is 3.25. The molecule has 0 saturated heterocycles. The van der Waals surface area contributed by atoms with Crippen molar-refractivity contribution in [2.24, 2.45) is 0 Å². The highest BCUT2D eigenvalue weighted by Crippen LogP contribution is 2.12. The van der Waals surface area contributed by atoms with Gasteiger partial charge in [0, 0.05) is 32.4 Å². The van der Waals surface area contributed by atoms with E-state index in [0.717, 1.165) is 0 Å². The summed E-state index contributed by atoms with van der Waals surface area (Å²) < 4.78 is 2.45. The van der Waals surface area contributed by atoms with Crippen molar-refractivity contribution in [1.82, 2.24) is 0 Å². The van der Waals surface area contributed by atoms with Crippen LogP contribution in [-0.2, 0) is 6.54 Å². The van der Waals surface area contributed by atoms with Gasteiger partial charge in [-0.05, 0) is 12.5 Å². The van der Waals surface area contributed by atoms with E-state index in [1.54, 1.807) is 0 Å². The van der Waals surface area contributed by atoms with Crippen LogP contribution in [0.15, 0.2) is 18.2 Å². The molecule has 2 heteroatoms. The lowest BCUT2D eigenvalue weighted by molar-refractivity contribution is -0.709. The van der Waals surface area contributed by atoms with Crippen LogP contribution in [0.2, 0.25) is 0 Å². The van der Waals surface area contributed by atoms with Crippen LogP contribution in [0.3, 0.4) is 0 Å². The molecule has 0 aromatic carbocycles. The summed E-state index contributed by atoms with van der Waals surface area (Å²) in [6.07, 6.45) is 17.1. The molecule has 1 heterocycles. The zero-order valence-corrected chi connectivity index (χ0v) is 16.5. The first-order valence-electron chi connectivity index (χ1n) is 9.71. The molecule has 134 valence electrons. The molecule has 0 bridgehead atoms. The molecule has 0 saturated carbocycles. The monoisotopic (exact) mass is 339 g/mol. The molecule has 0 radical (unpaired) electrons. The van der Waals surface area contributed by atoms with E-state index in [2.05, 4.69) is 43.5 Å². The number of hydrogen-bond donors (Lipinski definition) is 0. The maximum absolute atomic E-state index is 2.45. The van der Waals surface area contributed by atoms with Crippen molar-refractivity contribution in [3.8, 4) is 0 Å². The first-order chi connectivity index (χ1) is 10.8. The van der Waals surface area contributed by atoms with Crippen LogP contribution < -0.4 is 17.0 Å². The Balaban J connectivity index is 0.00000484. The van der Waals surface area contributed by atoms with Crippen LogP contribution >= 0.6 is 0 Å². The number of rotatable bonds is 13. The second kappa shape index (κ2) is 15.0. The maximum atomic E-state index is 2.45. The Morgan fingerprint density at radius 2 is 1.04 bits per heavy atom. The Labute approximate surface area is 151 Å². The van der Waals surface area contributed by atoms with Gasteiger partial charge in [0.15, 0.2) is 11.4 Å². The van der Waals surface area contributed by atoms with Crippen molar-refractivity contribution in [2.45, 2.75) is 104 Å². The standard InChI is InChI=1S/C21H38N.ClH/c1-4-5-6-7-8-9-10-11-12-13-14-15-19-22-20(2)17-16-18-21(22)3;/h16-18H,4-15,19H2,1-3H3;1H/q+1;/p-1. The minimum Gasteiger partial charge on any atom is -1.00 e. The number of nitrogens with zero attached hydrogens (tertiary/aromatic N) is 1. The van der Waals surface area contributed by atoms with E-state index in [9.17, 15) is 0 Å². The maximum Gasteiger partial charge on any atom is 0.178 e. The van der Waals surface area contributed by atoms with Gasteiger partial charge >= 0.3 is 0 Å². The fourth-order valence-electron chi connectivity index (χ4n) is 3.25. The van der Waals surface area contributed by atoms with Gasteiger partial charge in [-0.1, -0.05) is 71.1 Å². The van der Waals surface area contributed by atoms with Crippen molar-refractivity contribution >= 4 is 0 Å². The zero-order valence-electron chi connectivity index (χ0n) is 15.7. The summed E-state index contributed by atoms with van der Waals surface area (Å²) in [6, 6.07) is 6.59. The topological polar surface area (TPSA) is 3.88 Å². The van der Waals surface area contributed by atoms with Gasteiger partial charge in [0.25, 0.3) is 0 Å². The molecular weight excluding hydrogens is 302 g/mol. The summed E-state index contributed by atoms with van der Waals surface area (Å²) >= 11 is 0. The molecule has 0 unspecified atom stereocenters. The smallest absolute Gasteiger partial charge is 0.178 e. The van der Waals surface area contributed by atoms with Crippen LogP contribution in [0.25, 0.3) is 0 Å². The predicted molar refractivity (Wildman–Crippen MR) is 97.2 cm³/mol. The molecule has 1 rings (SSSR count). The molecule has 0 amide bonds. The summed E-state index contributed by atoms with van der Waals surface area (Å²) in [4.78, 5) is 0. The average Bonchev–Trinajstić information content (AvgIpc) is 2.51. The highest BCUT2D eigenvalue weighted by molar-refractivity contribution is 5.00. The molecule has 1 nitrogen and oxygen atoms in total. The van der Waals surface area contributed by atoms with E-state index in [4.69, 9.17) is 0 Å². The molecule has 0 fully saturated rings. The Hall–Kier alpha value is -0.560. The van der Waals surface area contributed by atoms with Gasteiger partial charge in [0.2, 0.25) is 0 Å². The number of halogens is 1. The minimum absolute atomic E-state index is 0. The third-order valence-electron chi connectivity index (χ3n) is 4.76. The van der Waals surface area contributed by atoms with E-state index in [-0.39, 0.29) is 12.4 Å². The molecule has 0 N–H and O–H groups in total. The lowest BCUT2D eigenvalue weighted by Crippen LogP contribution is -3.00. The van der Waals surface area contributed by atoms with E-state index in [1.807, 2.05) is 0 Å². The Morgan fingerprint density at radius 3 is 1.48 bits per heavy atom. The van der Waals surface area contributed by atoms with Crippen LogP contribution in [0, 0.1) is 13.8 Å². The average molecular weight is 340 g/mol. The molecular formula is C21H38ClN. The van der Waals surface area contributed by atoms with Gasteiger partial charge < -0.3 is 12.4 Å². The molecule has 0 aliphatic carbocycles. The highest BCUT2D eigenvalue weighted by Gasteiger charge is 2.08. The van der Waals surface area contributed by atoms with Gasteiger partial charge in [-0.15, -0.1) is 0 Å². The number of unbranched alkanes of at least 4 members (excludes halogenated alkanes) is 11. The van der Waals surface area contributed by atoms with E-state index in [0.29, 0.717) is 0 Å². The lowest BCUT2D eigenvalue weighted by Gasteiger charge is -2.04. The zero-order chi connectivity index (χ0) is 16.0. The Morgan fingerprint density at radius 1 is 0.652 bits per heavy atom. The summed E-state index contributed by atoms with van der Waals surface area (Å²) in [5.41, 5.74) is 2.78. The number of aromatic nitrogens is 1. The van der Waals surface area contributed by atoms with E-state index >= 15 is 0 Å². The second-order valence-corrected chi connectivity index (χ2v) is 6.85. The summed E-state index contributed by atoms with van der Waals surface area (Å²) in [6.45, 7) is 7.91. The van der Waals surface area contributed by atoms with Crippen molar-refractivity contribution in [1.29, 1.82) is 0 Å². The Bertz CT molecular complexity index is 369. The number of pyridine rings is 1. The molecule has 1 aromatic rings. The van der Waals surface area contributed by atoms with Gasteiger partial charge in [-0.25, -0.2) is 4.57 Å². The number of aryl methyl sites for hydroxylation is 2. The highest BCUT2D eigenvalue weighted by atomic mass is 35.5. The third kappa shape index (κ3) is 10.8. The molecule has 23 heavy (non-hydrogen) atoms. The van der Waals surface area contributed by atoms with Crippen LogP contribution in [-0.4, -0.2) is 0 Å². The van der Waals surface area contributed by atoms with Crippen LogP contribution in [0.5, 0.6) is 0 Å². The van der Waals surface area contributed by atoms with Crippen molar-refractivity contribution in [2.75, 3.05) is 0 Å². The van der Waals surface area contributed by atoms with E-state index in [1.165, 1.54) is 95.0 Å². The number of hydrogen-bond acceptors (Lipinski definition) is 0. The molecule has 0 aliphatic heterocycles. The fraction of sp³-hybridized carbons (Fsp3) is 0.762. The van der Waals surface area contributed by atoms with Crippen molar-refractivity contribution in [3.05, 3.63) is 29.6 Å². The molecule has 0 aliphatic rings. The van der Waals surface area contributed by atoms with Crippen LogP contribution in [0.1, 0.15) is 95.4 Å². The quantitative estimate of drug-likeness (QED) is 0.383. The summed E-state index contributed by atoms with van der Waals surface area (Å²) in [5, 5.41) is 0. The largest absolute Gasteiger partial charge is 1.00 e. The SMILES string of the molecule is CCCCCCCCCCCCCC[n+]1c(C)cccc1C.[Cl-]. The molecule has 1 aromatic heterocycles. The van der Waals surface area contributed by atoms with Gasteiger partial charge in [0.1, 0.15) is 6.54 Å². The first-order valence-corrected chi connectivity index (χ1v) is 9.71. The lowest BCUT2D eigenvalue weighted by atomic mass is 10.1. The molecule has 0 spiro atoms. The predicted octanol–water partition coefficient (Wildman–Crippen LogP) is 3.30. The normalized spacial score (nSPS) is 10.6. The summed E-state index contributed by atoms with van der Waals surface area (Å²) in [5.74, 6) is 0. The Kier molecular flexibility index (Phi) is 14.6. The van der Waals surface area contributed by atoms with Crippen molar-refractivity contribution < 1.29 is 17.0 Å². The van der Waals surface area contributed by atoms with Crippen LogP contribution in [0.4, 0.5) is 0 Å². The minimum atomic E-state index is 0. The van der Waals surface area contributed by atoms with Crippen molar-refractivity contribution in [3.63, 3.8) is 0 Å². The first kappa shape index (κ1) is 22.4.